The molecular formula is C12H12Cl2N2O4. The van der Waals surface area contributed by atoms with Gasteiger partial charge in [-0.25, -0.2) is 9.59 Å². The number of carbonyl (C=O) groups excluding carboxylic acids is 1. The van der Waals surface area contributed by atoms with Gasteiger partial charge in [0, 0.05) is 18.0 Å². The summed E-state index contributed by atoms with van der Waals surface area (Å²) >= 11 is 11.7. The molecule has 6 nitrogen and oxygen atoms in total. The van der Waals surface area contributed by atoms with Crippen molar-refractivity contribution in [2.45, 2.75) is 18.6 Å². The Kier molecular flexibility index (Phi) is 4.37. The second-order valence-electron chi connectivity index (χ2n) is 4.45. The molecule has 0 aliphatic carbocycles. The number of carboxylic acids is 1. The zero-order valence-electron chi connectivity index (χ0n) is 10.2. The van der Waals surface area contributed by atoms with Gasteiger partial charge in [0.15, 0.2) is 0 Å². The molecule has 8 heteroatoms. The second kappa shape index (κ2) is 5.87. The number of nitrogens with one attached hydrogen (secondary N) is 1. The van der Waals surface area contributed by atoms with Crippen LogP contribution in [0.2, 0.25) is 10.0 Å². The summed E-state index contributed by atoms with van der Waals surface area (Å²) in [6, 6.07) is 2.86. The van der Waals surface area contributed by atoms with E-state index in [1.807, 2.05) is 0 Å². The van der Waals surface area contributed by atoms with Gasteiger partial charge in [0.1, 0.15) is 6.04 Å². The Morgan fingerprint density at radius 2 is 2.05 bits per heavy atom. The number of carbonyl (C=O) groups is 2. The smallest absolute Gasteiger partial charge is 0.326 e. The third-order valence-electron chi connectivity index (χ3n) is 2.99. The zero-order chi connectivity index (χ0) is 14.9. The van der Waals surface area contributed by atoms with E-state index in [9.17, 15) is 14.7 Å². The Morgan fingerprint density at radius 3 is 2.70 bits per heavy atom. The van der Waals surface area contributed by atoms with E-state index in [1.54, 1.807) is 6.07 Å². The largest absolute Gasteiger partial charge is 0.480 e. The highest BCUT2D eigenvalue weighted by Gasteiger charge is 2.39. The molecule has 0 saturated carbocycles. The number of carboxylic acid groups (broad SMARTS) is 1. The van der Waals surface area contributed by atoms with E-state index >= 15 is 0 Å². The monoisotopic (exact) mass is 318 g/mol. The summed E-state index contributed by atoms with van der Waals surface area (Å²) in [5, 5.41) is 21.7. The summed E-state index contributed by atoms with van der Waals surface area (Å²) in [4.78, 5) is 24.2. The number of hydrogen-bond donors (Lipinski definition) is 3. The van der Waals surface area contributed by atoms with Crippen LogP contribution in [0.15, 0.2) is 18.2 Å². The Labute approximate surface area is 124 Å². The summed E-state index contributed by atoms with van der Waals surface area (Å²) < 4.78 is 0. The minimum absolute atomic E-state index is 0.00598. The molecule has 108 valence electrons. The molecule has 2 amide bonds. The average molecular weight is 319 g/mol. The van der Waals surface area contributed by atoms with Gasteiger partial charge in [-0.05, 0) is 18.2 Å². The van der Waals surface area contributed by atoms with E-state index < -0.39 is 24.1 Å². The first-order valence-corrected chi connectivity index (χ1v) is 6.57. The van der Waals surface area contributed by atoms with Gasteiger partial charge in [0.2, 0.25) is 0 Å². The van der Waals surface area contributed by atoms with E-state index in [-0.39, 0.29) is 23.7 Å². The number of β-amino-alcohol motifs (C(OH)–C–C–N with tert-alkyl or cyclic N) is 1. The SMILES string of the molecule is O=C(O)[C@@H]1CC(O)CN1C(=O)Nc1cc(Cl)ccc1Cl. The number of aliphatic hydroxyl groups excluding tert-OH is 1. The fourth-order valence-corrected chi connectivity index (χ4v) is 2.39. The van der Waals surface area contributed by atoms with Crippen LogP contribution in [-0.4, -0.2) is 45.8 Å². The third kappa shape index (κ3) is 3.15. The van der Waals surface area contributed by atoms with E-state index in [0.717, 1.165) is 4.90 Å². The molecule has 3 N–H and O–H groups in total. The number of anilines is 1. The molecule has 1 aliphatic rings. The van der Waals surface area contributed by atoms with Crippen LogP contribution in [0.5, 0.6) is 0 Å². The Hall–Kier alpha value is -1.50. The number of aliphatic carboxylic acids is 1. The number of aliphatic hydroxyl groups is 1. The van der Waals surface area contributed by atoms with Crippen molar-refractivity contribution in [3.63, 3.8) is 0 Å². The minimum atomic E-state index is -1.16. The highest BCUT2D eigenvalue weighted by Crippen LogP contribution is 2.27. The van der Waals surface area contributed by atoms with Gasteiger partial charge >= 0.3 is 12.0 Å². The highest BCUT2D eigenvalue weighted by atomic mass is 35.5. The molecular weight excluding hydrogens is 307 g/mol. The van der Waals surface area contributed by atoms with Gasteiger partial charge < -0.3 is 20.4 Å². The molecule has 0 radical (unpaired) electrons. The lowest BCUT2D eigenvalue weighted by atomic mass is 10.2. The standard InChI is InChI=1S/C12H12Cl2N2O4/c13-6-1-2-8(14)9(3-6)15-12(20)16-5-7(17)4-10(16)11(18)19/h1-3,7,10,17H,4-5H2,(H,15,20)(H,18,19)/t7?,10-/m0/s1. The van der Waals surface area contributed by atoms with E-state index in [4.69, 9.17) is 28.3 Å². The van der Waals surface area contributed by atoms with Crippen LogP contribution in [0, 0.1) is 0 Å². The highest BCUT2D eigenvalue weighted by molar-refractivity contribution is 6.35. The predicted molar refractivity (Wildman–Crippen MR) is 74.2 cm³/mol. The van der Waals surface area contributed by atoms with Crippen molar-refractivity contribution in [1.82, 2.24) is 4.90 Å². The number of hydrogen-bond acceptors (Lipinski definition) is 3. The minimum Gasteiger partial charge on any atom is -0.480 e. The first-order valence-electron chi connectivity index (χ1n) is 5.82. The number of likely N-dealkylation sites (tertiary alicyclic amines) is 1. The number of amides is 2. The van der Waals surface area contributed by atoms with E-state index in [1.165, 1.54) is 12.1 Å². The summed E-state index contributed by atoms with van der Waals surface area (Å²) in [6.45, 7) is -0.0407. The van der Waals surface area contributed by atoms with Crippen LogP contribution >= 0.6 is 23.2 Å². The number of urea groups is 1. The van der Waals surface area contributed by atoms with E-state index in [2.05, 4.69) is 5.32 Å². The molecule has 1 aromatic carbocycles. The van der Waals surface area contributed by atoms with Gasteiger partial charge in [-0.3, -0.25) is 0 Å². The molecule has 20 heavy (non-hydrogen) atoms. The van der Waals surface area contributed by atoms with Crippen LogP contribution in [0.25, 0.3) is 0 Å². The number of rotatable bonds is 2. The van der Waals surface area contributed by atoms with Crippen molar-refractivity contribution in [1.29, 1.82) is 0 Å². The lowest BCUT2D eigenvalue weighted by Gasteiger charge is -2.21. The molecule has 1 heterocycles. The molecule has 1 aromatic rings. The lowest BCUT2D eigenvalue weighted by Crippen LogP contribution is -2.43. The molecule has 0 aromatic heterocycles. The lowest BCUT2D eigenvalue weighted by molar-refractivity contribution is -0.141. The normalized spacial score (nSPS) is 21.9. The zero-order valence-corrected chi connectivity index (χ0v) is 11.7. The second-order valence-corrected chi connectivity index (χ2v) is 5.29. The maximum atomic E-state index is 12.1. The summed E-state index contributed by atoms with van der Waals surface area (Å²) in [5.41, 5.74) is 0.287. The van der Waals surface area contributed by atoms with Crippen LogP contribution in [0.4, 0.5) is 10.5 Å². The Bertz CT molecular complexity index is 552. The first-order chi connectivity index (χ1) is 9.38. The molecule has 1 aliphatic heterocycles. The average Bonchev–Trinajstić information content (AvgIpc) is 2.76. The van der Waals surface area contributed by atoms with Crippen molar-refractivity contribution >= 4 is 40.9 Å². The maximum absolute atomic E-state index is 12.1. The van der Waals surface area contributed by atoms with Crippen molar-refractivity contribution in [2.24, 2.45) is 0 Å². The van der Waals surface area contributed by atoms with Crippen LogP contribution in [0.3, 0.4) is 0 Å². The molecule has 0 spiro atoms. The number of benzene rings is 1. The molecule has 1 unspecified atom stereocenters. The fraction of sp³-hybridized carbons (Fsp3) is 0.333. The number of nitrogens with zero attached hydrogens (tertiary/aromatic N) is 1. The van der Waals surface area contributed by atoms with Crippen LogP contribution in [-0.2, 0) is 4.79 Å². The summed E-state index contributed by atoms with van der Waals surface area (Å²) in [6.07, 6.45) is -0.844. The molecule has 2 atom stereocenters. The quantitative estimate of drug-likeness (QED) is 0.778. The van der Waals surface area contributed by atoms with Crippen molar-refractivity contribution < 1.29 is 19.8 Å². The van der Waals surface area contributed by atoms with Crippen molar-refractivity contribution in [2.75, 3.05) is 11.9 Å². The van der Waals surface area contributed by atoms with Crippen LogP contribution < -0.4 is 5.32 Å². The van der Waals surface area contributed by atoms with Gasteiger partial charge in [-0.2, -0.15) is 0 Å². The van der Waals surface area contributed by atoms with E-state index in [0.29, 0.717) is 5.02 Å². The first kappa shape index (κ1) is 14.9. The topological polar surface area (TPSA) is 89.9 Å². The number of halogens is 2. The van der Waals surface area contributed by atoms with Gasteiger partial charge in [0.25, 0.3) is 0 Å². The molecule has 2 rings (SSSR count). The predicted octanol–water partition coefficient (Wildman–Crippen LogP) is 2.05. The Morgan fingerprint density at radius 1 is 1.35 bits per heavy atom. The third-order valence-corrected chi connectivity index (χ3v) is 3.56. The van der Waals surface area contributed by atoms with Gasteiger partial charge in [-0.15, -0.1) is 0 Å². The van der Waals surface area contributed by atoms with Crippen molar-refractivity contribution in [3.8, 4) is 0 Å². The summed E-state index contributed by atoms with van der Waals surface area (Å²) in [5.74, 6) is -1.16. The van der Waals surface area contributed by atoms with Gasteiger partial charge in [0.05, 0.1) is 16.8 Å². The molecule has 1 saturated heterocycles. The fourth-order valence-electron chi connectivity index (χ4n) is 2.05. The van der Waals surface area contributed by atoms with Crippen molar-refractivity contribution in [3.05, 3.63) is 28.2 Å². The molecule has 1 fully saturated rings. The molecule has 0 bridgehead atoms. The Balaban J connectivity index is 2.15. The summed E-state index contributed by atoms with van der Waals surface area (Å²) in [7, 11) is 0. The maximum Gasteiger partial charge on any atom is 0.326 e. The van der Waals surface area contributed by atoms with Gasteiger partial charge in [-0.1, -0.05) is 23.2 Å². The van der Waals surface area contributed by atoms with Crippen LogP contribution in [0.1, 0.15) is 6.42 Å².